The number of hydrogen-bond donors (Lipinski definition) is 2. The minimum atomic E-state index is -0.417. The maximum atomic E-state index is 11.7. The van der Waals surface area contributed by atoms with Crippen LogP contribution in [0.2, 0.25) is 0 Å². The van der Waals surface area contributed by atoms with Crippen LogP contribution in [-0.2, 0) is 4.74 Å². The molecular formula is C13H26N2O2. The Labute approximate surface area is 104 Å². The highest BCUT2D eigenvalue weighted by molar-refractivity contribution is 5.68. The molecule has 0 spiro atoms. The number of carbonyl (C=O) groups excluding carboxylic acids is 1. The van der Waals surface area contributed by atoms with E-state index < -0.39 is 5.60 Å². The van der Waals surface area contributed by atoms with E-state index in [0.717, 1.165) is 19.5 Å². The van der Waals surface area contributed by atoms with Crippen molar-refractivity contribution in [3.8, 4) is 0 Å². The summed E-state index contributed by atoms with van der Waals surface area (Å²) in [4.78, 5) is 11.7. The molecule has 1 aliphatic carbocycles. The van der Waals surface area contributed by atoms with Gasteiger partial charge in [0.1, 0.15) is 5.60 Å². The standard InChI is InChI=1S/C13H26N2O2/c1-5-14-9-10-7-6-8-11(10)15-12(16)17-13(2,3)4/h10-11,14H,5-9H2,1-4H3,(H,15,16)/t10-,11+/m1/s1. The van der Waals surface area contributed by atoms with Crippen LogP contribution < -0.4 is 10.6 Å². The van der Waals surface area contributed by atoms with Crippen molar-refractivity contribution < 1.29 is 9.53 Å². The minimum Gasteiger partial charge on any atom is -0.444 e. The van der Waals surface area contributed by atoms with Crippen LogP contribution in [0.15, 0.2) is 0 Å². The Bertz CT molecular complexity index is 248. The number of ether oxygens (including phenoxy) is 1. The Morgan fingerprint density at radius 2 is 2.06 bits per heavy atom. The molecule has 1 fully saturated rings. The van der Waals surface area contributed by atoms with E-state index in [1.165, 1.54) is 12.8 Å². The smallest absolute Gasteiger partial charge is 0.407 e. The van der Waals surface area contributed by atoms with Gasteiger partial charge in [-0.05, 0) is 52.6 Å². The number of nitrogens with one attached hydrogen (secondary N) is 2. The lowest BCUT2D eigenvalue weighted by Crippen LogP contribution is -2.43. The van der Waals surface area contributed by atoms with Crippen molar-refractivity contribution in [2.45, 2.75) is 58.6 Å². The summed E-state index contributed by atoms with van der Waals surface area (Å²) in [5.74, 6) is 0.544. The highest BCUT2D eigenvalue weighted by atomic mass is 16.6. The third-order valence-corrected chi connectivity index (χ3v) is 3.02. The van der Waals surface area contributed by atoms with E-state index in [4.69, 9.17) is 4.74 Å². The first-order valence-corrected chi connectivity index (χ1v) is 6.62. The third kappa shape index (κ3) is 5.39. The molecule has 1 rings (SSSR count). The molecule has 17 heavy (non-hydrogen) atoms. The van der Waals surface area contributed by atoms with Crippen molar-refractivity contribution in [2.75, 3.05) is 13.1 Å². The monoisotopic (exact) mass is 242 g/mol. The van der Waals surface area contributed by atoms with Crippen LogP contribution in [0, 0.1) is 5.92 Å². The molecule has 0 saturated heterocycles. The van der Waals surface area contributed by atoms with Crippen molar-refractivity contribution in [1.29, 1.82) is 0 Å². The zero-order chi connectivity index (χ0) is 12.9. The summed E-state index contributed by atoms with van der Waals surface area (Å²) in [5, 5.41) is 6.34. The molecule has 2 atom stereocenters. The number of rotatable bonds is 4. The van der Waals surface area contributed by atoms with Crippen LogP contribution in [0.5, 0.6) is 0 Å². The molecule has 0 heterocycles. The lowest BCUT2D eigenvalue weighted by Gasteiger charge is -2.24. The summed E-state index contributed by atoms with van der Waals surface area (Å²) in [7, 11) is 0. The zero-order valence-electron chi connectivity index (χ0n) is 11.5. The van der Waals surface area contributed by atoms with Gasteiger partial charge in [0.05, 0.1) is 0 Å². The molecule has 0 aromatic rings. The van der Waals surface area contributed by atoms with Gasteiger partial charge in [0.2, 0.25) is 0 Å². The predicted molar refractivity (Wildman–Crippen MR) is 69.0 cm³/mol. The van der Waals surface area contributed by atoms with Crippen molar-refractivity contribution >= 4 is 6.09 Å². The first-order valence-electron chi connectivity index (χ1n) is 6.62. The molecule has 0 bridgehead atoms. The van der Waals surface area contributed by atoms with Gasteiger partial charge in [0.25, 0.3) is 0 Å². The maximum Gasteiger partial charge on any atom is 0.407 e. The van der Waals surface area contributed by atoms with Crippen LogP contribution in [-0.4, -0.2) is 30.8 Å². The second kappa shape index (κ2) is 6.24. The lowest BCUT2D eigenvalue weighted by atomic mass is 10.0. The molecule has 0 aromatic heterocycles. The first-order chi connectivity index (χ1) is 7.92. The first kappa shape index (κ1) is 14.3. The topological polar surface area (TPSA) is 50.4 Å². The minimum absolute atomic E-state index is 0.267. The molecule has 100 valence electrons. The van der Waals surface area contributed by atoms with Gasteiger partial charge in [-0.15, -0.1) is 0 Å². The second-order valence-corrected chi connectivity index (χ2v) is 5.75. The van der Waals surface area contributed by atoms with Crippen LogP contribution in [0.25, 0.3) is 0 Å². The Balaban J connectivity index is 2.36. The van der Waals surface area contributed by atoms with E-state index in [2.05, 4.69) is 17.6 Å². The van der Waals surface area contributed by atoms with Gasteiger partial charge in [-0.3, -0.25) is 0 Å². The Morgan fingerprint density at radius 1 is 1.35 bits per heavy atom. The molecular weight excluding hydrogens is 216 g/mol. The fraction of sp³-hybridized carbons (Fsp3) is 0.923. The fourth-order valence-electron chi connectivity index (χ4n) is 2.26. The zero-order valence-corrected chi connectivity index (χ0v) is 11.5. The van der Waals surface area contributed by atoms with E-state index in [1.807, 2.05) is 20.8 Å². The van der Waals surface area contributed by atoms with Gasteiger partial charge >= 0.3 is 6.09 Å². The second-order valence-electron chi connectivity index (χ2n) is 5.75. The molecule has 1 amide bonds. The number of carbonyl (C=O) groups is 1. The van der Waals surface area contributed by atoms with Gasteiger partial charge in [-0.1, -0.05) is 13.3 Å². The molecule has 0 unspecified atom stereocenters. The third-order valence-electron chi connectivity index (χ3n) is 3.02. The summed E-state index contributed by atoms with van der Waals surface area (Å²) < 4.78 is 5.28. The van der Waals surface area contributed by atoms with Crippen LogP contribution in [0.3, 0.4) is 0 Å². The van der Waals surface area contributed by atoms with Crippen molar-refractivity contribution in [1.82, 2.24) is 10.6 Å². The van der Waals surface area contributed by atoms with Crippen LogP contribution >= 0.6 is 0 Å². The molecule has 0 aliphatic heterocycles. The average molecular weight is 242 g/mol. The lowest BCUT2D eigenvalue weighted by molar-refractivity contribution is 0.0493. The molecule has 4 nitrogen and oxygen atoms in total. The van der Waals surface area contributed by atoms with E-state index in [9.17, 15) is 4.79 Å². The van der Waals surface area contributed by atoms with Crippen LogP contribution in [0.4, 0.5) is 4.79 Å². The predicted octanol–water partition coefficient (Wildman–Crippen LogP) is 2.29. The number of alkyl carbamates (subject to hydrolysis) is 1. The maximum absolute atomic E-state index is 11.7. The number of amides is 1. The van der Waals surface area contributed by atoms with Crippen molar-refractivity contribution in [2.24, 2.45) is 5.92 Å². The molecule has 1 saturated carbocycles. The summed E-state index contributed by atoms with van der Waals surface area (Å²) in [5.41, 5.74) is -0.417. The van der Waals surface area contributed by atoms with Crippen LogP contribution in [0.1, 0.15) is 47.0 Å². The van der Waals surface area contributed by atoms with Gasteiger partial charge in [0.15, 0.2) is 0 Å². The Kier molecular flexibility index (Phi) is 5.25. The van der Waals surface area contributed by atoms with Crippen molar-refractivity contribution in [3.63, 3.8) is 0 Å². The Hall–Kier alpha value is -0.770. The largest absolute Gasteiger partial charge is 0.444 e. The van der Waals surface area contributed by atoms with E-state index >= 15 is 0 Å². The quantitative estimate of drug-likeness (QED) is 0.795. The summed E-state index contributed by atoms with van der Waals surface area (Å²) in [6.45, 7) is 9.73. The fourth-order valence-corrected chi connectivity index (χ4v) is 2.26. The summed E-state index contributed by atoms with van der Waals surface area (Å²) in [6.07, 6.45) is 3.16. The van der Waals surface area contributed by atoms with E-state index in [1.54, 1.807) is 0 Å². The number of hydrogen-bond acceptors (Lipinski definition) is 3. The average Bonchev–Trinajstić information content (AvgIpc) is 2.59. The van der Waals surface area contributed by atoms with Gasteiger partial charge < -0.3 is 15.4 Å². The van der Waals surface area contributed by atoms with E-state index in [-0.39, 0.29) is 12.1 Å². The highest BCUT2D eigenvalue weighted by Crippen LogP contribution is 2.25. The molecule has 4 heteroatoms. The highest BCUT2D eigenvalue weighted by Gasteiger charge is 2.29. The van der Waals surface area contributed by atoms with Gasteiger partial charge in [-0.25, -0.2) is 4.79 Å². The molecule has 1 aliphatic rings. The van der Waals surface area contributed by atoms with Gasteiger partial charge in [-0.2, -0.15) is 0 Å². The van der Waals surface area contributed by atoms with E-state index in [0.29, 0.717) is 5.92 Å². The molecule has 0 radical (unpaired) electrons. The Morgan fingerprint density at radius 3 is 2.65 bits per heavy atom. The molecule has 0 aromatic carbocycles. The van der Waals surface area contributed by atoms with Crippen molar-refractivity contribution in [3.05, 3.63) is 0 Å². The summed E-state index contributed by atoms with van der Waals surface area (Å²) >= 11 is 0. The normalized spacial score (nSPS) is 24.7. The summed E-state index contributed by atoms with van der Waals surface area (Å²) in [6, 6.07) is 0.267. The molecule has 2 N–H and O–H groups in total. The SMILES string of the molecule is CCNC[C@H]1CCC[C@@H]1NC(=O)OC(C)(C)C. The van der Waals surface area contributed by atoms with Gasteiger partial charge in [0, 0.05) is 6.04 Å².